The lowest BCUT2D eigenvalue weighted by Gasteiger charge is -2.36. The van der Waals surface area contributed by atoms with Gasteiger partial charge in [0.05, 0.1) is 0 Å². The molecule has 7 nitrogen and oxygen atoms in total. The van der Waals surface area contributed by atoms with Gasteiger partial charge in [-0.05, 0) is 13.0 Å². The molecule has 1 aromatic rings. The summed E-state index contributed by atoms with van der Waals surface area (Å²) in [6, 6.07) is 3.90. The molecule has 1 unspecified atom stereocenters. The summed E-state index contributed by atoms with van der Waals surface area (Å²) in [6.45, 7) is 3.56. The Kier molecular flexibility index (Phi) is 4.19. The summed E-state index contributed by atoms with van der Waals surface area (Å²) in [5, 5.41) is 8.96. The van der Waals surface area contributed by atoms with Crippen LogP contribution >= 0.6 is 0 Å². The number of piperazine rings is 1. The fraction of sp³-hybridized carbons (Fsp3) is 0.462. The van der Waals surface area contributed by atoms with Gasteiger partial charge in [-0.2, -0.15) is 0 Å². The second-order valence-electron chi connectivity index (χ2n) is 4.77. The minimum absolute atomic E-state index is 0.231. The predicted octanol–water partition coefficient (Wildman–Crippen LogP) is -0.394. The number of carbonyl (C=O) groups is 2. The Labute approximate surface area is 115 Å². The van der Waals surface area contributed by atoms with Gasteiger partial charge in [0.25, 0.3) is 5.91 Å². The highest BCUT2D eigenvalue weighted by molar-refractivity contribution is 5.92. The van der Waals surface area contributed by atoms with Crippen LogP contribution in [0.4, 0.5) is 0 Å². The van der Waals surface area contributed by atoms with E-state index >= 15 is 0 Å². The van der Waals surface area contributed by atoms with E-state index in [9.17, 15) is 14.4 Å². The highest BCUT2D eigenvalue weighted by Gasteiger charge is 2.27. The van der Waals surface area contributed by atoms with Crippen molar-refractivity contribution in [3.63, 3.8) is 0 Å². The zero-order valence-electron chi connectivity index (χ0n) is 11.2. The van der Waals surface area contributed by atoms with Crippen LogP contribution in [0.25, 0.3) is 0 Å². The van der Waals surface area contributed by atoms with E-state index in [1.165, 1.54) is 12.1 Å². The third kappa shape index (κ3) is 3.05. The van der Waals surface area contributed by atoms with Crippen molar-refractivity contribution in [2.24, 2.45) is 0 Å². The van der Waals surface area contributed by atoms with Gasteiger partial charge in [0.1, 0.15) is 11.7 Å². The van der Waals surface area contributed by atoms with Crippen molar-refractivity contribution in [3.05, 3.63) is 34.2 Å². The van der Waals surface area contributed by atoms with Gasteiger partial charge in [0.15, 0.2) is 0 Å². The summed E-state index contributed by atoms with van der Waals surface area (Å²) in [5.41, 5.74) is -0.0498. The van der Waals surface area contributed by atoms with Crippen LogP contribution in [-0.2, 0) is 4.79 Å². The molecule has 0 bridgehead atoms. The second-order valence-corrected chi connectivity index (χ2v) is 4.77. The van der Waals surface area contributed by atoms with E-state index in [1.807, 2.05) is 4.90 Å². The van der Waals surface area contributed by atoms with Gasteiger partial charge in [-0.3, -0.25) is 19.3 Å². The molecule has 2 heterocycles. The summed E-state index contributed by atoms with van der Waals surface area (Å²) in [7, 11) is 0. The van der Waals surface area contributed by atoms with Crippen LogP contribution in [0.2, 0.25) is 0 Å². The quantitative estimate of drug-likeness (QED) is 0.785. The average Bonchev–Trinajstić information content (AvgIpc) is 2.46. The first-order valence-corrected chi connectivity index (χ1v) is 6.44. The molecule has 108 valence electrons. The normalized spacial score (nSPS) is 17.8. The maximum Gasteiger partial charge on any atom is 0.320 e. The molecule has 0 aromatic carbocycles. The van der Waals surface area contributed by atoms with Crippen molar-refractivity contribution in [2.75, 3.05) is 26.2 Å². The number of pyridine rings is 1. The molecule has 1 atom stereocenters. The van der Waals surface area contributed by atoms with Crippen molar-refractivity contribution in [1.82, 2.24) is 14.8 Å². The monoisotopic (exact) mass is 279 g/mol. The van der Waals surface area contributed by atoms with Crippen molar-refractivity contribution < 1.29 is 14.7 Å². The van der Waals surface area contributed by atoms with Crippen molar-refractivity contribution >= 4 is 11.9 Å². The number of carbonyl (C=O) groups excluding carboxylic acids is 1. The number of carboxylic acids is 1. The second kappa shape index (κ2) is 5.87. The molecular weight excluding hydrogens is 262 g/mol. The van der Waals surface area contributed by atoms with Crippen LogP contribution in [0.1, 0.15) is 17.4 Å². The number of nitrogens with one attached hydrogen (secondary N) is 1. The predicted molar refractivity (Wildman–Crippen MR) is 71.6 cm³/mol. The molecular formula is C13H17N3O4. The van der Waals surface area contributed by atoms with E-state index in [4.69, 9.17) is 5.11 Å². The number of aromatic amines is 1. The Hall–Kier alpha value is -2.15. The Morgan fingerprint density at radius 2 is 1.90 bits per heavy atom. The number of aromatic nitrogens is 1. The van der Waals surface area contributed by atoms with E-state index < -0.39 is 12.0 Å². The largest absolute Gasteiger partial charge is 0.480 e. The van der Waals surface area contributed by atoms with E-state index in [1.54, 1.807) is 17.9 Å². The van der Waals surface area contributed by atoms with E-state index in [0.29, 0.717) is 26.2 Å². The van der Waals surface area contributed by atoms with Gasteiger partial charge in [0, 0.05) is 32.2 Å². The highest BCUT2D eigenvalue weighted by Crippen LogP contribution is 2.09. The molecule has 0 aliphatic carbocycles. The number of carboxylic acid groups (broad SMARTS) is 1. The third-order valence-corrected chi connectivity index (χ3v) is 3.51. The number of amides is 1. The zero-order valence-corrected chi connectivity index (χ0v) is 11.2. The number of hydrogen-bond acceptors (Lipinski definition) is 4. The molecule has 1 aliphatic heterocycles. The van der Waals surface area contributed by atoms with Gasteiger partial charge in [-0.25, -0.2) is 0 Å². The molecule has 1 aliphatic rings. The molecule has 0 radical (unpaired) electrons. The zero-order chi connectivity index (χ0) is 14.7. The number of nitrogens with zero attached hydrogens (tertiary/aromatic N) is 2. The number of hydrogen-bond donors (Lipinski definition) is 2. The first-order chi connectivity index (χ1) is 9.49. The summed E-state index contributed by atoms with van der Waals surface area (Å²) in [5.74, 6) is -1.09. The van der Waals surface area contributed by atoms with Crippen LogP contribution in [0, 0.1) is 0 Å². The Balaban J connectivity index is 1.99. The van der Waals surface area contributed by atoms with Gasteiger partial charge in [-0.1, -0.05) is 6.07 Å². The van der Waals surface area contributed by atoms with E-state index in [0.717, 1.165) is 0 Å². The number of aliphatic carboxylic acids is 1. The Morgan fingerprint density at radius 3 is 2.45 bits per heavy atom. The van der Waals surface area contributed by atoms with Crippen LogP contribution in [-0.4, -0.2) is 64.0 Å². The third-order valence-electron chi connectivity index (χ3n) is 3.51. The van der Waals surface area contributed by atoms with Crippen LogP contribution < -0.4 is 5.56 Å². The van der Waals surface area contributed by atoms with Crippen molar-refractivity contribution in [3.8, 4) is 0 Å². The molecule has 1 amide bonds. The lowest BCUT2D eigenvalue weighted by Crippen LogP contribution is -2.53. The summed E-state index contributed by atoms with van der Waals surface area (Å²) < 4.78 is 0. The summed E-state index contributed by atoms with van der Waals surface area (Å²) in [6.07, 6.45) is 0. The summed E-state index contributed by atoms with van der Waals surface area (Å²) >= 11 is 0. The topological polar surface area (TPSA) is 93.7 Å². The van der Waals surface area contributed by atoms with Crippen molar-refractivity contribution in [2.45, 2.75) is 13.0 Å². The Bertz CT molecular complexity index is 561. The van der Waals surface area contributed by atoms with Gasteiger partial charge >= 0.3 is 5.97 Å². The fourth-order valence-electron chi connectivity index (χ4n) is 2.21. The SMILES string of the molecule is CC(C(=O)O)N1CCN(C(=O)c2cccc(=O)[nH]2)CC1. The van der Waals surface area contributed by atoms with E-state index in [-0.39, 0.29) is 17.2 Å². The molecule has 1 saturated heterocycles. The highest BCUT2D eigenvalue weighted by atomic mass is 16.4. The Morgan fingerprint density at radius 1 is 1.25 bits per heavy atom. The summed E-state index contributed by atoms with van der Waals surface area (Å²) in [4.78, 5) is 40.2. The van der Waals surface area contributed by atoms with Crippen LogP contribution in [0.5, 0.6) is 0 Å². The molecule has 20 heavy (non-hydrogen) atoms. The molecule has 2 rings (SSSR count). The van der Waals surface area contributed by atoms with E-state index in [2.05, 4.69) is 4.98 Å². The molecule has 0 spiro atoms. The first kappa shape index (κ1) is 14.3. The molecule has 2 N–H and O–H groups in total. The lowest BCUT2D eigenvalue weighted by molar-refractivity contribution is -0.143. The number of rotatable bonds is 3. The van der Waals surface area contributed by atoms with Gasteiger partial charge < -0.3 is 15.0 Å². The first-order valence-electron chi connectivity index (χ1n) is 6.44. The average molecular weight is 279 g/mol. The van der Waals surface area contributed by atoms with Crippen LogP contribution in [0.15, 0.2) is 23.0 Å². The molecule has 0 saturated carbocycles. The molecule has 1 fully saturated rings. The van der Waals surface area contributed by atoms with Crippen LogP contribution in [0.3, 0.4) is 0 Å². The molecule has 7 heteroatoms. The van der Waals surface area contributed by atoms with Gasteiger partial charge in [-0.15, -0.1) is 0 Å². The maximum atomic E-state index is 12.2. The fourth-order valence-corrected chi connectivity index (χ4v) is 2.21. The standard InChI is InChI=1S/C13H17N3O4/c1-9(13(19)20)15-5-7-16(8-6-15)12(18)10-3-2-4-11(17)14-10/h2-4,9H,5-8H2,1H3,(H,14,17)(H,19,20). The molecule has 1 aromatic heterocycles. The number of H-pyrrole nitrogens is 1. The maximum absolute atomic E-state index is 12.2. The minimum Gasteiger partial charge on any atom is -0.480 e. The smallest absolute Gasteiger partial charge is 0.320 e. The van der Waals surface area contributed by atoms with Crippen molar-refractivity contribution in [1.29, 1.82) is 0 Å². The minimum atomic E-state index is -0.864. The van der Waals surface area contributed by atoms with Gasteiger partial charge in [0.2, 0.25) is 5.56 Å². The lowest BCUT2D eigenvalue weighted by atomic mass is 10.2.